The summed E-state index contributed by atoms with van der Waals surface area (Å²) in [6.07, 6.45) is 1.74. The lowest BCUT2D eigenvalue weighted by atomic mass is 10.4. The number of rotatable bonds is 5. The summed E-state index contributed by atoms with van der Waals surface area (Å²) in [6.45, 7) is 2.82. The minimum atomic E-state index is -0.223. The van der Waals surface area contributed by atoms with Crippen LogP contribution in [-0.4, -0.2) is 16.5 Å². The molecule has 0 saturated heterocycles. The van der Waals surface area contributed by atoms with Gasteiger partial charge in [0.05, 0.1) is 10.2 Å². The van der Waals surface area contributed by atoms with E-state index in [2.05, 4.69) is 31.2 Å². The highest BCUT2D eigenvalue weighted by Gasteiger charge is 2.05. The first-order valence-corrected chi connectivity index (χ1v) is 7.60. The Morgan fingerprint density at radius 3 is 2.74 bits per heavy atom. The Hall–Kier alpha value is -1.14. The zero-order valence-electron chi connectivity index (χ0n) is 10.4. The molecule has 0 atom stereocenters. The third kappa shape index (κ3) is 4.18. The van der Waals surface area contributed by atoms with Crippen LogP contribution in [0.1, 0.15) is 12.7 Å². The fourth-order valence-corrected chi connectivity index (χ4v) is 2.54. The molecule has 2 rings (SSSR count). The molecule has 6 heteroatoms. The Kier molecular flexibility index (Phi) is 5.15. The molecule has 100 valence electrons. The first kappa shape index (κ1) is 14.3. The van der Waals surface area contributed by atoms with E-state index in [-0.39, 0.29) is 5.82 Å². The Bertz CT molecular complexity index is 548. The van der Waals surface area contributed by atoms with Crippen LogP contribution in [0.3, 0.4) is 0 Å². The van der Waals surface area contributed by atoms with Gasteiger partial charge in [0.15, 0.2) is 0 Å². The van der Waals surface area contributed by atoms with Crippen LogP contribution in [0.5, 0.6) is 0 Å². The highest BCUT2D eigenvalue weighted by atomic mass is 79.9. The third-order valence-electron chi connectivity index (χ3n) is 2.32. The number of halogens is 2. The van der Waals surface area contributed by atoms with Crippen molar-refractivity contribution in [3.8, 4) is 0 Å². The van der Waals surface area contributed by atoms with Gasteiger partial charge in [0, 0.05) is 17.6 Å². The molecule has 0 amide bonds. The van der Waals surface area contributed by atoms with E-state index in [1.165, 1.54) is 12.1 Å². The molecule has 3 nitrogen and oxygen atoms in total. The van der Waals surface area contributed by atoms with E-state index in [1.807, 2.05) is 6.92 Å². The van der Waals surface area contributed by atoms with Gasteiger partial charge in [0.2, 0.25) is 0 Å². The van der Waals surface area contributed by atoms with Crippen molar-refractivity contribution >= 4 is 33.5 Å². The molecule has 1 heterocycles. The van der Waals surface area contributed by atoms with Crippen molar-refractivity contribution in [1.82, 2.24) is 9.97 Å². The molecule has 0 saturated carbocycles. The van der Waals surface area contributed by atoms with Crippen molar-refractivity contribution in [2.75, 3.05) is 11.9 Å². The van der Waals surface area contributed by atoms with Crippen molar-refractivity contribution in [1.29, 1.82) is 0 Å². The van der Waals surface area contributed by atoms with Crippen molar-refractivity contribution in [2.45, 2.75) is 17.6 Å². The summed E-state index contributed by atoms with van der Waals surface area (Å²) in [4.78, 5) is 9.69. The maximum Gasteiger partial charge on any atom is 0.144 e. The Balaban J connectivity index is 2.03. The molecule has 0 unspecified atom stereocenters. The molecular weight excluding hydrogens is 329 g/mol. The van der Waals surface area contributed by atoms with E-state index in [0.717, 1.165) is 27.6 Å². The fourth-order valence-electron chi connectivity index (χ4n) is 1.44. The lowest BCUT2D eigenvalue weighted by Crippen LogP contribution is -2.03. The van der Waals surface area contributed by atoms with Crippen LogP contribution < -0.4 is 5.32 Å². The normalized spacial score (nSPS) is 10.5. The van der Waals surface area contributed by atoms with Gasteiger partial charge in [-0.25, -0.2) is 14.4 Å². The topological polar surface area (TPSA) is 37.8 Å². The predicted octanol–water partition coefficient (Wildman–Crippen LogP) is 4.10. The maximum absolute atomic E-state index is 12.8. The summed E-state index contributed by atoms with van der Waals surface area (Å²) in [5, 5.41) is 3.17. The van der Waals surface area contributed by atoms with Crippen LogP contribution in [0.4, 0.5) is 10.2 Å². The average Bonchev–Trinajstić information content (AvgIpc) is 2.42. The van der Waals surface area contributed by atoms with Crippen LogP contribution in [0.25, 0.3) is 0 Å². The van der Waals surface area contributed by atoms with E-state index in [0.29, 0.717) is 5.75 Å². The molecule has 19 heavy (non-hydrogen) atoms. The van der Waals surface area contributed by atoms with Crippen LogP contribution in [0, 0.1) is 5.82 Å². The molecule has 1 aromatic carbocycles. The largest absolute Gasteiger partial charge is 0.369 e. The van der Waals surface area contributed by atoms with Gasteiger partial charge in [-0.15, -0.1) is 11.8 Å². The molecule has 1 N–H and O–H groups in total. The first-order valence-electron chi connectivity index (χ1n) is 5.82. The van der Waals surface area contributed by atoms with Crippen molar-refractivity contribution < 1.29 is 4.39 Å². The van der Waals surface area contributed by atoms with Gasteiger partial charge in [-0.1, -0.05) is 0 Å². The highest BCUT2D eigenvalue weighted by molar-refractivity contribution is 9.10. The maximum atomic E-state index is 12.8. The zero-order valence-corrected chi connectivity index (χ0v) is 12.8. The Labute approximate surface area is 124 Å². The fraction of sp³-hybridized carbons (Fsp3) is 0.231. The SMILES string of the molecule is CCNc1nc(CSc2ccc(F)cc2)ncc1Br. The first-order chi connectivity index (χ1) is 9.19. The lowest BCUT2D eigenvalue weighted by molar-refractivity contribution is 0.626. The second kappa shape index (κ2) is 6.86. The molecule has 0 bridgehead atoms. The quantitative estimate of drug-likeness (QED) is 0.830. The summed E-state index contributed by atoms with van der Waals surface area (Å²) in [7, 11) is 0. The summed E-state index contributed by atoms with van der Waals surface area (Å²) in [5.41, 5.74) is 0. The van der Waals surface area contributed by atoms with Gasteiger partial charge in [0.25, 0.3) is 0 Å². The number of hydrogen-bond donors (Lipinski definition) is 1. The number of thioether (sulfide) groups is 1. The molecule has 0 radical (unpaired) electrons. The summed E-state index contributed by atoms with van der Waals surface area (Å²) in [6, 6.07) is 6.41. The molecule has 0 fully saturated rings. The summed E-state index contributed by atoms with van der Waals surface area (Å²) in [5.74, 6) is 1.97. The number of nitrogens with zero attached hydrogens (tertiary/aromatic N) is 2. The van der Waals surface area contributed by atoms with Crippen LogP contribution >= 0.6 is 27.7 Å². The standard InChI is InChI=1S/C13H13BrFN3S/c1-2-16-13-11(14)7-17-12(18-13)8-19-10-5-3-9(15)4-6-10/h3-7H,2,8H2,1H3,(H,16,17,18). The summed E-state index contributed by atoms with van der Waals surface area (Å²) >= 11 is 4.98. The summed E-state index contributed by atoms with van der Waals surface area (Å²) < 4.78 is 13.6. The minimum Gasteiger partial charge on any atom is -0.369 e. The number of aromatic nitrogens is 2. The van der Waals surface area contributed by atoms with E-state index < -0.39 is 0 Å². The zero-order chi connectivity index (χ0) is 13.7. The predicted molar refractivity (Wildman–Crippen MR) is 79.9 cm³/mol. The van der Waals surface area contributed by atoms with Gasteiger partial charge >= 0.3 is 0 Å². The van der Waals surface area contributed by atoms with Crippen molar-refractivity contribution in [3.05, 3.63) is 46.6 Å². The third-order valence-corrected chi connectivity index (χ3v) is 3.91. The second-order valence-electron chi connectivity index (χ2n) is 3.76. The van der Waals surface area contributed by atoms with Crippen LogP contribution in [0.15, 0.2) is 39.8 Å². The number of anilines is 1. The molecule has 1 aromatic heterocycles. The van der Waals surface area contributed by atoms with E-state index in [9.17, 15) is 4.39 Å². The molecule has 0 aliphatic carbocycles. The van der Waals surface area contributed by atoms with E-state index >= 15 is 0 Å². The van der Waals surface area contributed by atoms with Crippen molar-refractivity contribution in [3.63, 3.8) is 0 Å². The molecule has 0 spiro atoms. The second-order valence-corrected chi connectivity index (χ2v) is 5.66. The van der Waals surface area contributed by atoms with Gasteiger partial charge in [-0.3, -0.25) is 0 Å². The molecule has 0 aliphatic rings. The number of benzene rings is 1. The number of nitrogens with one attached hydrogen (secondary N) is 1. The Morgan fingerprint density at radius 2 is 2.05 bits per heavy atom. The van der Waals surface area contributed by atoms with E-state index in [1.54, 1.807) is 30.1 Å². The average molecular weight is 342 g/mol. The van der Waals surface area contributed by atoms with E-state index in [4.69, 9.17) is 0 Å². The molecule has 2 aromatic rings. The van der Waals surface area contributed by atoms with Crippen LogP contribution in [0.2, 0.25) is 0 Å². The number of hydrogen-bond acceptors (Lipinski definition) is 4. The Morgan fingerprint density at radius 1 is 1.32 bits per heavy atom. The van der Waals surface area contributed by atoms with Gasteiger partial charge < -0.3 is 5.32 Å². The monoisotopic (exact) mass is 341 g/mol. The van der Waals surface area contributed by atoms with Gasteiger partial charge in [-0.05, 0) is 47.1 Å². The minimum absolute atomic E-state index is 0.223. The molecular formula is C13H13BrFN3S. The van der Waals surface area contributed by atoms with Gasteiger partial charge in [-0.2, -0.15) is 0 Å². The smallest absolute Gasteiger partial charge is 0.144 e. The molecule has 0 aliphatic heterocycles. The van der Waals surface area contributed by atoms with Crippen LogP contribution in [-0.2, 0) is 5.75 Å². The highest BCUT2D eigenvalue weighted by Crippen LogP contribution is 2.24. The lowest BCUT2D eigenvalue weighted by Gasteiger charge is -2.07. The van der Waals surface area contributed by atoms with Crippen molar-refractivity contribution in [2.24, 2.45) is 0 Å². The van der Waals surface area contributed by atoms with Gasteiger partial charge in [0.1, 0.15) is 17.5 Å².